The van der Waals surface area contributed by atoms with Crippen molar-refractivity contribution in [2.75, 3.05) is 20.3 Å². The van der Waals surface area contributed by atoms with Gasteiger partial charge in [0.25, 0.3) is 5.91 Å². The van der Waals surface area contributed by atoms with Gasteiger partial charge in [-0.05, 0) is 35.4 Å². The summed E-state index contributed by atoms with van der Waals surface area (Å²) in [7, 11) is 1.46. The Balaban J connectivity index is 1.78. The predicted octanol–water partition coefficient (Wildman–Crippen LogP) is 2.96. The number of halogens is 4. The molecular formula is C25H29F4NO6. The fourth-order valence-electron chi connectivity index (χ4n) is 4.03. The summed E-state index contributed by atoms with van der Waals surface area (Å²) in [5.74, 6) is -1.01. The molecule has 0 aromatic heterocycles. The summed E-state index contributed by atoms with van der Waals surface area (Å²) in [5, 5.41) is 23.8. The van der Waals surface area contributed by atoms with Crippen LogP contribution in [-0.4, -0.2) is 60.3 Å². The van der Waals surface area contributed by atoms with Gasteiger partial charge in [0.2, 0.25) is 0 Å². The van der Waals surface area contributed by atoms with Crippen LogP contribution in [0.4, 0.5) is 17.6 Å². The lowest BCUT2D eigenvalue weighted by molar-refractivity contribution is -0.200. The molecule has 0 radical (unpaired) electrons. The number of nitrogens with one attached hydrogen (secondary N) is 1. The summed E-state index contributed by atoms with van der Waals surface area (Å²) in [5.41, 5.74) is -1.69. The summed E-state index contributed by atoms with van der Waals surface area (Å²) in [6.07, 6.45) is -8.89. The van der Waals surface area contributed by atoms with Gasteiger partial charge < -0.3 is 29.7 Å². The third-order valence-corrected chi connectivity index (χ3v) is 6.00. The number of hydrogen-bond acceptors (Lipinski definition) is 6. The van der Waals surface area contributed by atoms with Gasteiger partial charge in [-0.3, -0.25) is 4.79 Å². The Morgan fingerprint density at radius 2 is 1.81 bits per heavy atom. The molecule has 1 fully saturated rings. The smallest absolute Gasteiger partial charge is 0.390 e. The fourth-order valence-corrected chi connectivity index (χ4v) is 4.03. The minimum atomic E-state index is -4.53. The Hall–Kier alpha value is -2.57. The topological polar surface area (TPSA) is 97.3 Å². The number of amides is 1. The molecule has 2 aromatic rings. The highest BCUT2D eigenvalue weighted by Gasteiger charge is 2.51. The van der Waals surface area contributed by atoms with E-state index in [4.69, 9.17) is 14.2 Å². The highest BCUT2D eigenvalue weighted by atomic mass is 19.4. The lowest BCUT2D eigenvalue weighted by atomic mass is 9.78. The van der Waals surface area contributed by atoms with E-state index in [2.05, 4.69) is 5.32 Å². The molecule has 1 unspecified atom stereocenters. The lowest BCUT2D eigenvalue weighted by Crippen LogP contribution is -2.60. The van der Waals surface area contributed by atoms with Gasteiger partial charge in [-0.2, -0.15) is 13.2 Å². The molecule has 1 aliphatic rings. The minimum absolute atomic E-state index is 0.0961. The van der Waals surface area contributed by atoms with Crippen molar-refractivity contribution in [3.63, 3.8) is 0 Å². The Morgan fingerprint density at radius 3 is 2.47 bits per heavy atom. The van der Waals surface area contributed by atoms with Crippen LogP contribution in [0.3, 0.4) is 0 Å². The van der Waals surface area contributed by atoms with E-state index in [1.54, 1.807) is 0 Å². The number of carbonyl (C=O) groups is 1. The van der Waals surface area contributed by atoms with E-state index < -0.39 is 47.4 Å². The van der Waals surface area contributed by atoms with Gasteiger partial charge in [0.15, 0.2) is 5.60 Å². The zero-order valence-corrected chi connectivity index (χ0v) is 19.6. The van der Waals surface area contributed by atoms with E-state index in [0.717, 1.165) is 12.1 Å². The van der Waals surface area contributed by atoms with Gasteiger partial charge in [0.05, 0.1) is 37.6 Å². The first-order chi connectivity index (χ1) is 17.0. The molecule has 198 valence electrons. The van der Waals surface area contributed by atoms with Crippen molar-refractivity contribution in [3.05, 3.63) is 71.0 Å². The number of benzene rings is 2. The number of rotatable bonds is 10. The van der Waals surface area contributed by atoms with E-state index >= 15 is 0 Å². The maximum atomic E-state index is 13.3. The maximum Gasteiger partial charge on any atom is 0.416 e. The molecule has 1 aliphatic carbocycles. The molecular weight excluding hydrogens is 486 g/mol. The SMILES string of the molecule is COCCNC(=O)[C@@]1(OCc2ccc(F)cc2)CC(OCc2cccc(C(F)(F)F)c2)[C@H](O)[C@H](O)C1. The van der Waals surface area contributed by atoms with Crippen LogP contribution in [-0.2, 0) is 38.4 Å². The summed E-state index contributed by atoms with van der Waals surface area (Å²) >= 11 is 0. The van der Waals surface area contributed by atoms with Crippen LogP contribution < -0.4 is 5.32 Å². The van der Waals surface area contributed by atoms with Crippen LogP contribution in [0.25, 0.3) is 0 Å². The van der Waals surface area contributed by atoms with Crippen LogP contribution in [0.2, 0.25) is 0 Å². The summed E-state index contributed by atoms with van der Waals surface area (Å²) in [6.45, 7) is -0.00925. The van der Waals surface area contributed by atoms with Gasteiger partial charge in [-0.25, -0.2) is 4.39 Å². The van der Waals surface area contributed by atoms with Crippen molar-refractivity contribution in [1.82, 2.24) is 5.32 Å². The molecule has 2 aromatic carbocycles. The van der Waals surface area contributed by atoms with Crippen molar-refractivity contribution >= 4 is 5.91 Å². The molecule has 3 N–H and O–H groups in total. The van der Waals surface area contributed by atoms with E-state index in [9.17, 15) is 32.6 Å². The second kappa shape index (κ2) is 12.1. The van der Waals surface area contributed by atoms with Gasteiger partial charge in [0.1, 0.15) is 11.9 Å². The van der Waals surface area contributed by atoms with Crippen LogP contribution >= 0.6 is 0 Å². The number of alkyl halides is 3. The monoisotopic (exact) mass is 515 g/mol. The molecule has 0 aliphatic heterocycles. The van der Waals surface area contributed by atoms with Gasteiger partial charge >= 0.3 is 6.18 Å². The van der Waals surface area contributed by atoms with Gasteiger partial charge in [-0.15, -0.1) is 0 Å². The van der Waals surface area contributed by atoms with E-state index in [1.165, 1.54) is 43.5 Å². The third kappa shape index (κ3) is 7.23. The maximum absolute atomic E-state index is 13.3. The molecule has 0 bridgehead atoms. The zero-order valence-electron chi connectivity index (χ0n) is 19.6. The Bertz CT molecular complexity index is 1000. The van der Waals surface area contributed by atoms with Crippen molar-refractivity contribution in [3.8, 4) is 0 Å². The molecule has 4 atom stereocenters. The first-order valence-electron chi connectivity index (χ1n) is 11.3. The number of hydrogen-bond donors (Lipinski definition) is 3. The predicted molar refractivity (Wildman–Crippen MR) is 120 cm³/mol. The van der Waals surface area contributed by atoms with Gasteiger partial charge in [-0.1, -0.05) is 24.3 Å². The summed E-state index contributed by atoms with van der Waals surface area (Å²) < 4.78 is 69.0. The standard InChI is InChI=1S/C25H29F4NO6/c1-34-10-9-30-23(33)24(36-15-16-5-7-19(26)8-6-16)12-20(31)22(32)21(13-24)35-14-17-3-2-4-18(11-17)25(27,28)29/h2-8,11,20-22,31-32H,9-10,12-15H2,1H3,(H,30,33)/t20-,21?,22-,24+/m1/s1. The van der Waals surface area contributed by atoms with E-state index in [1.807, 2.05) is 0 Å². The van der Waals surface area contributed by atoms with Crippen molar-refractivity contribution in [2.45, 2.75) is 56.1 Å². The first kappa shape index (κ1) is 28.0. The van der Waals surface area contributed by atoms with Crippen LogP contribution in [0.15, 0.2) is 48.5 Å². The van der Waals surface area contributed by atoms with Crippen molar-refractivity contribution < 1.29 is 46.8 Å². The average molecular weight is 516 g/mol. The average Bonchev–Trinajstić information content (AvgIpc) is 2.84. The molecule has 7 nitrogen and oxygen atoms in total. The summed E-state index contributed by atoms with van der Waals surface area (Å²) in [4.78, 5) is 13.2. The lowest BCUT2D eigenvalue weighted by Gasteiger charge is -2.44. The number of carbonyl (C=O) groups excluding carboxylic acids is 1. The fraction of sp³-hybridized carbons (Fsp3) is 0.480. The number of methoxy groups -OCH3 is 1. The molecule has 3 rings (SSSR count). The molecule has 1 saturated carbocycles. The highest BCUT2D eigenvalue weighted by molar-refractivity contribution is 5.85. The molecule has 36 heavy (non-hydrogen) atoms. The Kier molecular flexibility index (Phi) is 9.42. The van der Waals surface area contributed by atoms with Gasteiger partial charge in [0, 0.05) is 26.5 Å². The minimum Gasteiger partial charge on any atom is -0.390 e. The number of aliphatic hydroxyl groups excluding tert-OH is 2. The normalized spacial score (nSPS) is 24.5. The summed E-state index contributed by atoms with van der Waals surface area (Å²) in [6, 6.07) is 10.0. The van der Waals surface area contributed by atoms with Crippen LogP contribution in [0.1, 0.15) is 29.5 Å². The van der Waals surface area contributed by atoms with Crippen LogP contribution in [0.5, 0.6) is 0 Å². The second-order valence-corrected chi connectivity index (χ2v) is 8.67. The molecule has 0 saturated heterocycles. The second-order valence-electron chi connectivity index (χ2n) is 8.67. The zero-order chi connectivity index (χ0) is 26.3. The van der Waals surface area contributed by atoms with E-state index in [-0.39, 0.29) is 44.8 Å². The number of aliphatic hydroxyl groups is 2. The largest absolute Gasteiger partial charge is 0.416 e. The van der Waals surface area contributed by atoms with Crippen LogP contribution in [0, 0.1) is 5.82 Å². The van der Waals surface area contributed by atoms with Crippen molar-refractivity contribution in [1.29, 1.82) is 0 Å². The highest BCUT2D eigenvalue weighted by Crippen LogP contribution is 2.36. The molecule has 0 spiro atoms. The molecule has 0 heterocycles. The first-order valence-corrected chi connectivity index (χ1v) is 11.3. The molecule has 11 heteroatoms. The third-order valence-electron chi connectivity index (χ3n) is 6.00. The number of ether oxygens (including phenoxy) is 3. The van der Waals surface area contributed by atoms with E-state index in [0.29, 0.717) is 5.56 Å². The Morgan fingerprint density at radius 1 is 1.08 bits per heavy atom. The Labute approximate surface area is 206 Å². The van der Waals surface area contributed by atoms with Crippen molar-refractivity contribution in [2.24, 2.45) is 0 Å². The quantitative estimate of drug-likeness (QED) is 0.333. The molecule has 1 amide bonds.